The number of para-hydroxylation sites is 1. The highest BCUT2D eigenvalue weighted by atomic mass is 16.5. The van der Waals surface area contributed by atoms with Gasteiger partial charge in [-0.15, -0.1) is 10.2 Å². The number of carbonyl (C=O) groups excluding carboxylic acids is 1. The number of H-pyrrole nitrogens is 1. The second kappa shape index (κ2) is 8.22. The molecule has 4 rings (SSSR count). The van der Waals surface area contributed by atoms with Gasteiger partial charge in [0.25, 0.3) is 0 Å². The van der Waals surface area contributed by atoms with Crippen LogP contribution in [0.25, 0.3) is 11.1 Å². The summed E-state index contributed by atoms with van der Waals surface area (Å²) >= 11 is 0. The maximum absolute atomic E-state index is 11.6. The Hall–Kier alpha value is -4.20. The fourth-order valence-electron chi connectivity index (χ4n) is 2.75. The van der Waals surface area contributed by atoms with E-state index in [4.69, 9.17) is 15.2 Å². The third-order valence-electron chi connectivity index (χ3n) is 4.15. The predicted octanol–water partition coefficient (Wildman–Crippen LogP) is 3.34. The zero-order chi connectivity index (χ0) is 20.1. The van der Waals surface area contributed by atoms with Crippen LogP contribution in [-0.2, 0) is 6.61 Å². The molecule has 0 atom stereocenters. The second-order valence-electron chi connectivity index (χ2n) is 6.13. The van der Waals surface area contributed by atoms with Gasteiger partial charge in [0.2, 0.25) is 11.7 Å². The summed E-state index contributed by atoms with van der Waals surface area (Å²) in [7, 11) is 0. The van der Waals surface area contributed by atoms with Gasteiger partial charge in [0, 0.05) is 11.1 Å². The molecule has 0 radical (unpaired) electrons. The van der Waals surface area contributed by atoms with E-state index in [0.717, 1.165) is 16.9 Å². The van der Waals surface area contributed by atoms with Gasteiger partial charge in [-0.05, 0) is 48.0 Å². The molecule has 8 nitrogen and oxygen atoms in total. The summed E-state index contributed by atoms with van der Waals surface area (Å²) in [5.74, 6) is 1.92. The average molecular weight is 387 g/mol. The van der Waals surface area contributed by atoms with Crippen molar-refractivity contribution in [3.8, 4) is 28.4 Å². The highest BCUT2D eigenvalue weighted by Crippen LogP contribution is 2.33. The van der Waals surface area contributed by atoms with E-state index in [2.05, 4.69) is 20.6 Å². The van der Waals surface area contributed by atoms with Crippen molar-refractivity contribution >= 4 is 5.91 Å². The molecule has 4 aromatic rings. The molecule has 29 heavy (non-hydrogen) atoms. The molecule has 0 saturated heterocycles. The number of carbonyl (C=O) groups is 1. The van der Waals surface area contributed by atoms with Crippen LogP contribution in [0.1, 0.15) is 16.2 Å². The number of hydrogen-bond donors (Lipinski definition) is 2. The van der Waals surface area contributed by atoms with Crippen LogP contribution in [0.3, 0.4) is 0 Å². The van der Waals surface area contributed by atoms with Crippen LogP contribution < -0.4 is 15.2 Å². The number of ether oxygens (including phenoxy) is 2. The molecule has 0 saturated carbocycles. The van der Waals surface area contributed by atoms with Crippen LogP contribution in [-0.4, -0.2) is 26.5 Å². The Morgan fingerprint density at radius 3 is 2.41 bits per heavy atom. The quantitative estimate of drug-likeness (QED) is 0.502. The van der Waals surface area contributed by atoms with Gasteiger partial charge in [0.05, 0.1) is 0 Å². The SMILES string of the molecule is NC(=O)c1ccc(OCc2nn[nH]n2)c(-c2ccc(Oc3ccccc3)cc2)c1. The third-order valence-corrected chi connectivity index (χ3v) is 4.15. The van der Waals surface area contributed by atoms with Crippen molar-refractivity contribution < 1.29 is 14.3 Å². The maximum Gasteiger partial charge on any atom is 0.248 e. The van der Waals surface area contributed by atoms with Crippen LogP contribution in [0.2, 0.25) is 0 Å². The van der Waals surface area contributed by atoms with Crippen LogP contribution in [0.5, 0.6) is 17.2 Å². The summed E-state index contributed by atoms with van der Waals surface area (Å²) in [5.41, 5.74) is 7.39. The maximum atomic E-state index is 11.6. The number of tetrazole rings is 1. The summed E-state index contributed by atoms with van der Waals surface area (Å²) < 4.78 is 11.7. The van der Waals surface area contributed by atoms with Crippen molar-refractivity contribution in [3.05, 3.63) is 84.2 Å². The number of hydrogen-bond acceptors (Lipinski definition) is 6. The number of nitrogens with one attached hydrogen (secondary N) is 1. The number of rotatable bonds is 7. The molecule has 0 aliphatic carbocycles. The van der Waals surface area contributed by atoms with Crippen molar-refractivity contribution in [2.45, 2.75) is 6.61 Å². The zero-order valence-electron chi connectivity index (χ0n) is 15.3. The van der Waals surface area contributed by atoms with Crippen molar-refractivity contribution in [1.29, 1.82) is 0 Å². The van der Waals surface area contributed by atoms with Crippen LogP contribution in [0.4, 0.5) is 0 Å². The molecule has 0 spiro atoms. The van der Waals surface area contributed by atoms with E-state index < -0.39 is 5.91 Å². The zero-order valence-corrected chi connectivity index (χ0v) is 15.3. The van der Waals surface area contributed by atoms with Crippen molar-refractivity contribution in [2.75, 3.05) is 0 Å². The largest absolute Gasteiger partial charge is 0.485 e. The molecule has 1 aromatic heterocycles. The lowest BCUT2D eigenvalue weighted by molar-refractivity contribution is 0.100. The molecule has 0 fully saturated rings. The number of benzene rings is 3. The average Bonchev–Trinajstić information content (AvgIpc) is 3.27. The van der Waals surface area contributed by atoms with Gasteiger partial charge in [-0.25, -0.2) is 0 Å². The minimum Gasteiger partial charge on any atom is -0.485 e. The molecule has 0 bridgehead atoms. The first-order chi connectivity index (χ1) is 14.2. The first kappa shape index (κ1) is 18.2. The smallest absolute Gasteiger partial charge is 0.248 e. The monoisotopic (exact) mass is 387 g/mol. The molecule has 1 heterocycles. The molecule has 144 valence electrons. The number of aromatic amines is 1. The van der Waals surface area contributed by atoms with Crippen LogP contribution >= 0.6 is 0 Å². The topological polar surface area (TPSA) is 116 Å². The van der Waals surface area contributed by atoms with Gasteiger partial charge >= 0.3 is 0 Å². The molecule has 0 aliphatic heterocycles. The fraction of sp³-hybridized carbons (Fsp3) is 0.0476. The van der Waals surface area contributed by atoms with Gasteiger partial charge in [-0.3, -0.25) is 4.79 Å². The van der Waals surface area contributed by atoms with E-state index in [1.165, 1.54) is 0 Å². The Kier molecular flexibility index (Phi) is 5.15. The van der Waals surface area contributed by atoms with E-state index in [1.807, 2.05) is 54.6 Å². The molecule has 8 heteroatoms. The van der Waals surface area contributed by atoms with E-state index >= 15 is 0 Å². The Morgan fingerprint density at radius 2 is 1.72 bits per heavy atom. The number of nitrogens with two attached hydrogens (primary N) is 1. The summed E-state index contributed by atoms with van der Waals surface area (Å²) in [6.45, 7) is 0.134. The molecular formula is C21H17N5O3. The van der Waals surface area contributed by atoms with Crippen LogP contribution in [0, 0.1) is 0 Å². The molecule has 1 amide bonds. The van der Waals surface area contributed by atoms with Gasteiger partial charge in [-0.2, -0.15) is 5.21 Å². The summed E-state index contributed by atoms with van der Waals surface area (Å²) in [4.78, 5) is 11.6. The predicted molar refractivity (Wildman–Crippen MR) is 105 cm³/mol. The van der Waals surface area contributed by atoms with Gasteiger partial charge < -0.3 is 15.2 Å². The number of amides is 1. The van der Waals surface area contributed by atoms with Crippen molar-refractivity contribution in [3.63, 3.8) is 0 Å². The van der Waals surface area contributed by atoms with Gasteiger partial charge in [-0.1, -0.05) is 35.5 Å². The van der Waals surface area contributed by atoms with E-state index in [-0.39, 0.29) is 6.61 Å². The first-order valence-corrected chi connectivity index (χ1v) is 8.81. The first-order valence-electron chi connectivity index (χ1n) is 8.81. The normalized spacial score (nSPS) is 10.5. The minimum absolute atomic E-state index is 0.134. The van der Waals surface area contributed by atoms with Gasteiger partial charge in [0.15, 0.2) is 6.61 Å². The number of aromatic nitrogens is 4. The fourth-order valence-corrected chi connectivity index (χ4v) is 2.75. The summed E-state index contributed by atoms with van der Waals surface area (Å²) in [6.07, 6.45) is 0. The highest BCUT2D eigenvalue weighted by molar-refractivity contribution is 5.94. The van der Waals surface area contributed by atoms with Gasteiger partial charge in [0.1, 0.15) is 17.2 Å². The van der Waals surface area contributed by atoms with Crippen molar-refractivity contribution in [1.82, 2.24) is 20.6 Å². The Labute approximate surface area is 166 Å². The Balaban J connectivity index is 1.61. The standard InChI is InChI=1S/C21H17N5O3/c22-21(27)15-8-11-19(28-13-20-23-25-26-24-20)18(12-15)14-6-9-17(10-7-14)29-16-4-2-1-3-5-16/h1-12H,13H2,(H2,22,27)(H,23,24,25,26). The van der Waals surface area contributed by atoms with Crippen molar-refractivity contribution in [2.24, 2.45) is 5.73 Å². The highest BCUT2D eigenvalue weighted by Gasteiger charge is 2.12. The molecule has 3 aromatic carbocycles. The lowest BCUT2D eigenvalue weighted by Gasteiger charge is -2.13. The van der Waals surface area contributed by atoms with E-state index in [0.29, 0.717) is 22.9 Å². The van der Waals surface area contributed by atoms with E-state index in [1.54, 1.807) is 18.2 Å². The molecule has 0 unspecified atom stereocenters. The third kappa shape index (κ3) is 4.38. The Morgan fingerprint density at radius 1 is 0.966 bits per heavy atom. The molecular weight excluding hydrogens is 370 g/mol. The van der Waals surface area contributed by atoms with Crippen LogP contribution in [0.15, 0.2) is 72.8 Å². The molecule has 3 N–H and O–H groups in total. The second-order valence-corrected chi connectivity index (χ2v) is 6.13. The summed E-state index contributed by atoms with van der Waals surface area (Å²) in [5, 5.41) is 13.6. The summed E-state index contributed by atoms with van der Waals surface area (Å²) in [6, 6.07) is 22.0. The Bertz CT molecular complexity index is 1100. The molecule has 0 aliphatic rings. The number of primary amides is 1. The number of nitrogens with zero attached hydrogens (tertiary/aromatic N) is 3. The minimum atomic E-state index is -0.514. The lowest BCUT2D eigenvalue weighted by Crippen LogP contribution is -2.11. The van der Waals surface area contributed by atoms with E-state index in [9.17, 15) is 4.79 Å². The lowest BCUT2D eigenvalue weighted by atomic mass is 10.0.